The fourth-order valence-electron chi connectivity index (χ4n) is 3.25. The van der Waals surface area contributed by atoms with Gasteiger partial charge in [-0.05, 0) is 36.8 Å². The van der Waals surface area contributed by atoms with Crippen LogP contribution in [0.3, 0.4) is 0 Å². The van der Waals surface area contributed by atoms with Crippen molar-refractivity contribution in [1.82, 2.24) is 14.9 Å². The molecule has 0 aliphatic carbocycles. The molecule has 2 aromatic carbocycles. The van der Waals surface area contributed by atoms with E-state index in [1.54, 1.807) is 17.0 Å². The molecular formula is C19H17Cl2N3O2. The Kier molecular flexibility index (Phi) is 4.61. The first-order valence-corrected chi connectivity index (χ1v) is 9.09. The van der Waals surface area contributed by atoms with Crippen LogP contribution in [-0.2, 0) is 4.74 Å². The molecule has 1 fully saturated rings. The number of aromatic amines is 1. The van der Waals surface area contributed by atoms with E-state index in [2.05, 4.69) is 9.97 Å². The molecule has 0 radical (unpaired) electrons. The number of imidazole rings is 1. The minimum atomic E-state index is -0.234. The van der Waals surface area contributed by atoms with Gasteiger partial charge in [0.1, 0.15) is 17.4 Å². The Labute approximate surface area is 160 Å². The van der Waals surface area contributed by atoms with Crippen LogP contribution >= 0.6 is 23.2 Å². The highest BCUT2D eigenvalue weighted by Crippen LogP contribution is 2.30. The Bertz CT molecular complexity index is 986. The van der Waals surface area contributed by atoms with E-state index in [-0.39, 0.29) is 12.0 Å². The Morgan fingerprint density at radius 2 is 2.12 bits per heavy atom. The lowest BCUT2D eigenvalue weighted by Crippen LogP contribution is -2.42. The standard InChI is InChI=1S/C19H17Cl2N3O2/c1-11-22-16-4-2-3-13(18(16)23-11)19(25)24-7-8-26-17(10-24)12-5-6-14(20)15(21)9-12/h2-6,9,17H,7-8,10H2,1H3,(H,22,23). The molecule has 1 saturated heterocycles. The monoisotopic (exact) mass is 389 g/mol. The molecule has 134 valence electrons. The summed E-state index contributed by atoms with van der Waals surface area (Å²) in [4.78, 5) is 22.5. The third kappa shape index (κ3) is 3.18. The number of rotatable bonds is 2. The number of benzene rings is 2. The third-order valence-electron chi connectivity index (χ3n) is 4.53. The number of nitrogens with zero attached hydrogens (tertiary/aromatic N) is 2. The SMILES string of the molecule is Cc1nc2c(C(=O)N3CCOC(c4ccc(Cl)c(Cl)c4)C3)cccc2[nH]1. The Morgan fingerprint density at radius 3 is 2.92 bits per heavy atom. The van der Waals surface area contributed by atoms with Gasteiger partial charge < -0.3 is 14.6 Å². The first kappa shape index (κ1) is 17.3. The molecule has 0 saturated carbocycles. The van der Waals surface area contributed by atoms with Gasteiger partial charge >= 0.3 is 0 Å². The van der Waals surface area contributed by atoms with E-state index in [1.165, 1.54) is 0 Å². The minimum absolute atomic E-state index is 0.0459. The highest BCUT2D eigenvalue weighted by Gasteiger charge is 2.27. The van der Waals surface area contributed by atoms with Gasteiger partial charge in [-0.1, -0.05) is 35.3 Å². The maximum absolute atomic E-state index is 13.1. The van der Waals surface area contributed by atoms with Gasteiger partial charge in [-0.25, -0.2) is 4.98 Å². The molecule has 26 heavy (non-hydrogen) atoms. The maximum Gasteiger partial charge on any atom is 0.256 e. The summed E-state index contributed by atoms with van der Waals surface area (Å²) < 4.78 is 5.85. The lowest BCUT2D eigenvalue weighted by atomic mass is 10.1. The summed E-state index contributed by atoms with van der Waals surface area (Å²) in [6, 6.07) is 11.0. The first-order chi connectivity index (χ1) is 12.5. The van der Waals surface area contributed by atoms with Gasteiger partial charge in [-0.15, -0.1) is 0 Å². The molecule has 1 N–H and O–H groups in total. The summed E-state index contributed by atoms with van der Waals surface area (Å²) in [5.74, 6) is 0.742. The maximum atomic E-state index is 13.1. The van der Waals surface area contributed by atoms with Crippen LogP contribution in [0.1, 0.15) is 27.8 Å². The number of amides is 1. The number of aromatic nitrogens is 2. The molecule has 4 rings (SSSR count). The lowest BCUT2D eigenvalue weighted by Gasteiger charge is -2.33. The van der Waals surface area contributed by atoms with Crippen LogP contribution in [0.25, 0.3) is 11.0 Å². The van der Waals surface area contributed by atoms with Crippen LogP contribution < -0.4 is 0 Å². The average molecular weight is 390 g/mol. The highest BCUT2D eigenvalue weighted by molar-refractivity contribution is 6.42. The molecule has 1 unspecified atom stereocenters. The van der Waals surface area contributed by atoms with E-state index in [0.717, 1.165) is 16.9 Å². The minimum Gasteiger partial charge on any atom is -0.370 e. The van der Waals surface area contributed by atoms with Crippen molar-refractivity contribution in [2.45, 2.75) is 13.0 Å². The summed E-state index contributed by atoms with van der Waals surface area (Å²) in [6.45, 7) is 3.34. The van der Waals surface area contributed by atoms with Gasteiger partial charge in [-0.2, -0.15) is 0 Å². The molecule has 0 bridgehead atoms. The molecule has 1 aliphatic heterocycles. The van der Waals surface area contributed by atoms with Crippen molar-refractivity contribution >= 4 is 40.1 Å². The number of morpholine rings is 1. The van der Waals surface area contributed by atoms with Crippen molar-refractivity contribution in [1.29, 1.82) is 0 Å². The van der Waals surface area contributed by atoms with E-state index < -0.39 is 0 Å². The normalized spacial score (nSPS) is 17.7. The predicted molar refractivity (Wildman–Crippen MR) is 102 cm³/mol. The highest BCUT2D eigenvalue weighted by atomic mass is 35.5. The second-order valence-corrected chi connectivity index (χ2v) is 7.12. The van der Waals surface area contributed by atoms with E-state index >= 15 is 0 Å². The molecule has 1 aliphatic rings. The number of ether oxygens (including phenoxy) is 1. The third-order valence-corrected chi connectivity index (χ3v) is 5.27. The summed E-state index contributed by atoms with van der Waals surface area (Å²) in [6.07, 6.45) is -0.234. The summed E-state index contributed by atoms with van der Waals surface area (Å²) in [5, 5.41) is 0.979. The number of hydrogen-bond donors (Lipinski definition) is 1. The second-order valence-electron chi connectivity index (χ2n) is 6.31. The van der Waals surface area contributed by atoms with Crippen LogP contribution in [0.5, 0.6) is 0 Å². The number of fused-ring (bicyclic) bond motifs is 1. The van der Waals surface area contributed by atoms with Crippen LogP contribution in [-0.4, -0.2) is 40.5 Å². The van der Waals surface area contributed by atoms with Crippen LogP contribution in [0.15, 0.2) is 36.4 Å². The largest absolute Gasteiger partial charge is 0.370 e. The van der Waals surface area contributed by atoms with Crippen LogP contribution in [0.4, 0.5) is 0 Å². The molecule has 1 atom stereocenters. The van der Waals surface area contributed by atoms with E-state index in [4.69, 9.17) is 27.9 Å². The number of para-hydroxylation sites is 1. The lowest BCUT2D eigenvalue weighted by molar-refractivity contribution is -0.0227. The number of halogens is 2. The number of carbonyl (C=O) groups is 1. The zero-order valence-electron chi connectivity index (χ0n) is 14.1. The average Bonchev–Trinajstić information content (AvgIpc) is 3.03. The Balaban J connectivity index is 1.60. The molecule has 1 amide bonds. The summed E-state index contributed by atoms with van der Waals surface area (Å²) >= 11 is 12.1. The molecule has 0 spiro atoms. The van der Waals surface area contributed by atoms with Gasteiger partial charge in [0.15, 0.2) is 0 Å². The molecule has 1 aromatic heterocycles. The van der Waals surface area contributed by atoms with Crippen molar-refractivity contribution in [2.24, 2.45) is 0 Å². The smallest absolute Gasteiger partial charge is 0.256 e. The van der Waals surface area contributed by atoms with Gasteiger partial charge in [0.25, 0.3) is 5.91 Å². The van der Waals surface area contributed by atoms with Gasteiger partial charge in [0.05, 0.1) is 34.3 Å². The number of hydrogen-bond acceptors (Lipinski definition) is 3. The number of nitrogens with one attached hydrogen (secondary N) is 1. The fourth-order valence-corrected chi connectivity index (χ4v) is 3.55. The zero-order chi connectivity index (χ0) is 18.3. The van der Waals surface area contributed by atoms with Gasteiger partial charge in [-0.3, -0.25) is 4.79 Å². The zero-order valence-corrected chi connectivity index (χ0v) is 15.6. The second kappa shape index (κ2) is 6.91. The number of H-pyrrole nitrogens is 1. The van der Waals surface area contributed by atoms with Crippen molar-refractivity contribution in [3.05, 3.63) is 63.4 Å². The van der Waals surface area contributed by atoms with Crippen LogP contribution in [0.2, 0.25) is 10.0 Å². The Hall–Kier alpha value is -2.08. The van der Waals surface area contributed by atoms with Crippen molar-refractivity contribution in [3.8, 4) is 0 Å². The van der Waals surface area contributed by atoms with Crippen LogP contribution in [0, 0.1) is 6.92 Å². The van der Waals surface area contributed by atoms with E-state index in [0.29, 0.717) is 40.8 Å². The molecule has 5 nitrogen and oxygen atoms in total. The quantitative estimate of drug-likeness (QED) is 0.706. The molecule has 2 heterocycles. The van der Waals surface area contributed by atoms with Crippen molar-refractivity contribution in [2.75, 3.05) is 19.7 Å². The number of aryl methyl sites for hydroxylation is 1. The van der Waals surface area contributed by atoms with E-state index in [9.17, 15) is 4.79 Å². The molecular weight excluding hydrogens is 373 g/mol. The van der Waals surface area contributed by atoms with E-state index in [1.807, 2.05) is 31.2 Å². The number of carbonyl (C=O) groups excluding carboxylic acids is 1. The fraction of sp³-hybridized carbons (Fsp3) is 0.263. The van der Waals surface area contributed by atoms with Gasteiger partial charge in [0, 0.05) is 6.54 Å². The van der Waals surface area contributed by atoms with Crippen molar-refractivity contribution < 1.29 is 9.53 Å². The predicted octanol–water partition coefficient (Wildman–Crippen LogP) is 4.39. The summed E-state index contributed by atoms with van der Waals surface area (Å²) in [5.41, 5.74) is 3.07. The molecule has 7 heteroatoms. The van der Waals surface area contributed by atoms with Gasteiger partial charge in [0.2, 0.25) is 0 Å². The Morgan fingerprint density at radius 1 is 1.27 bits per heavy atom. The molecule has 3 aromatic rings. The topological polar surface area (TPSA) is 58.2 Å². The summed E-state index contributed by atoms with van der Waals surface area (Å²) in [7, 11) is 0. The van der Waals surface area contributed by atoms with Crippen molar-refractivity contribution in [3.63, 3.8) is 0 Å². The first-order valence-electron chi connectivity index (χ1n) is 8.34.